The van der Waals surface area contributed by atoms with Crippen LogP contribution in [0.25, 0.3) is 11.1 Å². The van der Waals surface area contributed by atoms with Gasteiger partial charge < -0.3 is 15.1 Å². The van der Waals surface area contributed by atoms with Crippen LogP contribution in [0.3, 0.4) is 0 Å². The van der Waals surface area contributed by atoms with E-state index in [1.807, 2.05) is 47.4 Å². The maximum atomic E-state index is 13.5. The zero-order valence-corrected chi connectivity index (χ0v) is 19.4. The standard InChI is InChI=1S/C26H28FN5O2/c1-18(27)24-16-22(9-10-28-24)21-5-3-20(4-6-21)15-26(34)30-23-7-8-25(29-17-23)32-13-11-31(12-14-32)19(2)33/h3-10,16-18H,11-15H2,1-2H3,(H,30,34). The molecule has 3 heterocycles. The van der Waals surface area contributed by atoms with Crippen LogP contribution < -0.4 is 10.2 Å². The largest absolute Gasteiger partial charge is 0.353 e. The third-order valence-electron chi connectivity index (χ3n) is 5.92. The summed E-state index contributed by atoms with van der Waals surface area (Å²) in [6, 6.07) is 15.0. The maximum Gasteiger partial charge on any atom is 0.228 e. The highest BCUT2D eigenvalue weighted by Gasteiger charge is 2.19. The lowest BCUT2D eigenvalue weighted by Crippen LogP contribution is -2.48. The first kappa shape index (κ1) is 23.4. The van der Waals surface area contributed by atoms with Crippen molar-refractivity contribution >= 4 is 23.3 Å². The minimum atomic E-state index is -1.12. The van der Waals surface area contributed by atoms with E-state index in [2.05, 4.69) is 20.2 Å². The summed E-state index contributed by atoms with van der Waals surface area (Å²) in [5.41, 5.74) is 3.75. The molecule has 0 radical (unpaired) electrons. The Labute approximate surface area is 198 Å². The molecule has 0 bridgehead atoms. The zero-order chi connectivity index (χ0) is 24.1. The Kier molecular flexibility index (Phi) is 7.15. The first-order chi connectivity index (χ1) is 16.4. The first-order valence-corrected chi connectivity index (χ1v) is 11.3. The van der Waals surface area contributed by atoms with Crippen LogP contribution in [-0.4, -0.2) is 52.9 Å². The predicted molar refractivity (Wildman–Crippen MR) is 130 cm³/mol. The van der Waals surface area contributed by atoms with Crippen molar-refractivity contribution in [3.8, 4) is 11.1 Å². The number of carbonyl (C=O) groups is 2. The molecule has 1 aromatic carbocycles. The molecule has 0 spiro atoms. The molecule has 1 atom stereocenters. The number of anilines is 2. The molecule has 1 aliphatic heterocycles. The number of alkyl halides is 1. The topological polar surface area (TPSA) is 78.4 Å². The molecule has 2 aromatic heterocycles. The second kappa shape index (κ2) is 10.4. The number of nitrogens with zero attached hydrogens (tertiary/aromatic N) is 4. The lowest BCUT2D eigenvalue weighted by Gasteiger charge is -2.34. The fourth-order valence-corrected chi connectivity index (χ4v) is 3.95. The average Bonchev–Trinajstić information content (AvgIpc) is 2.85. The van der Waals surface area contributed by atoms with Crippen LogP contribution in [0.1, 0.15) is 31.3 Å². The molecule has 8 heteroatoms. The predicted octanol–water partition coefficient (Wildman–Crippen LogP) is 4.02. The molecule has 4 rings (SSSR count). The lowest BCUT2D eigenvalue weighted by atomic mass is 10.0. The molecule has 34 heavy (non-hydrogen) atoms. The van der Waals surface area contributed by atoms with E-state index in [-0.39, 0.29) is 18.2 Å². The second-order valence-electron chi connectivity index (χ2n) is 8.41. The van der Waals surface area contributed by atoms with Crippen LogP contribution in [0.15, 0.2) is 60.9 Å². The summed E-state index contributed by atoms with van der Waals surface area (Å²) in [5, 5.41) is 2.89. The molecule has 3 aromatic rings. The van der Waals surface area contributed by atoms with Gasteiger partial charge in [-0.15, -0.1) is 0 Å². The Balaban J connectivity index is 1.31. The molecule has 1 saturated heterocycles. The molecule has 0 saturated carbocycles. The van der Waals surface area contributed by atoms with E-state index in [4.69, 9.17) is 0 Å². The maximum absolute atomic E-state index is 13.5. The monoisotopic (exact) mass is 461 g/mol. The molecule has 1 fully saturated rings. The number of pyridine rings is 2. The highest BCUT2D eigenvalue weighted by atomic mass is 19.1. The molecule has 0 aliphatic carbocycles. The van der Waals surface area contributed by atoms with Crippen molar-refractivity contribution in [3.63, 3.8) is 0 Å². The van der Waals surface area contributed by atoms with Crippen LogP contribution in [0.5, 0.6) is 0 Å². The minimum Gasteiger partial charge on any atom is -0.353 e. The number of rotatable bonds is 6. The molecule has 1 aliphatic rings. The van der Waals surface area contributed by atoms with Crippen LogP contribution in [0.2, 0.25) is 0 Å². The quantitative estimate of drug-likeness (QED) is 0.600. The number of amides is 2. The third kappa shape index (κ3) is 5.75. The van der Waals surface area contributed by atoms with Gasteiger partial charge in [0.1, 0.15) is 12.0 Å². The molecule has 1 unspecified atom stereocenters. The molecular formula is C26H28FN5O2. The summed E-state index contributed by atoms with van der Waals surface area (Å²) < 4.78 is 13.5. The van der Waals surface area contributed by atoms with Crippen molar-refractivity contribution in [3.05, 3.63) is 72.2 Å². The number of nitrogens with one attached hydrogen (secondary N) is 1. The number of hydrogen-bond acceptors (Lipinski definition) is 5. The van der Waals surface area contributed by atoms with Gasteiger partial charge in [-0.25, -0.2) is 9.37 Å². The molecule has 1 N–H and O–H groups in total. The van der Waals surface area contributed by atoms with Crippen LogP contribution in [0.4, 0.5) is 15.9 Å². The summed E-state index contributed by atoms with van der Waals surface area (Å²) in [6.07, 6.45) is 2.37. The van der Waals surface area contributed by atoms with Crippen molar-refractivity contribution in [1.82, 2.24) is 14.9 Å². The van der Waals surface area contributed by atoms with Crippen molar-refractivity contribution in [2.24, 2.45) is 0 Å². The smallest absolute Gasteiger partial charge is 0.228 e. The highest BCUT2D eigenvalue weighted by Crippen LogP contribution is 2.24. The van der Waals surface area contributed by atoms with E-state index in [1.165, 1.54) is 6.92 Å². The first-order valence-electron chi connectivity index (χ1n) is 11.3. The lowest BCUT2D eigenvalue weighted by molar-refractivity contribution is -0.129. The zero-order valence-electron chi connectivity index (χ0n) is 19.4. The van der Waals surface area contributed by atoms with Crippen LogP contribution in [-0.2, 0) is 16.0 Å². The Hall–Kier alpha value is -3.81. The van der Waals surface area contributed by atoms with Crippen LogP contribution >= 0.6 is 0 Å². The Morgan fingerprint density at radius 1 is 1.00 bits per heavy atom. The summed E-state index contributed by atoms with van der Waals surface area (Å²) in [4.78, 5) is 36.5. The Morgan fingerprint density at radius 2 is 1.74 bits per heavy atom. The Bertz CT molecular complexity index is 1140. The normalized spacial score (nSPS) is 14.6. The molecule has 7 nitrogen and oxygen atoms in total. The summed E-state index contributed by atoms with van der Waals surface area (Å²) in [7, 11) is 0. The van der Waals surface area contributed by atoms with E-state index >= 15 is 0 Å². The van der Waals surface area contributed by atoms with E-state index in [1.54, 1.807) is 25.4 Å². The van der Waals surface area contributed by atoms with E-state index in [0.717, 1.165) is 35.6 Å². The summed E-state index contributed by atoms with van der Waals surface area (Å²) >= 11 is 0. The van der Waals surface area contributed by atoms with Gasteiger partial charge in [-0.05, 0) is 47.9 Å². The third-order valence-corrected chi connectivity index (χ3v) is 5.92. The van der Waals surface area contributed by atoms with Crippen molar-refractivity contribution in [2.45, 2.75) is 26.4 Å². The summed E-state index contributed by atoms with van der Waals surface area (Å²) in [6.45, 7) is 5.90. The number of piperazine rings is 1. The van der Waals surface area contributed by atoms with Crippen LogP contribution in [0, 0.1) is 0 Å². The van der Waals surface area contributed by atoms with E-state index < -0.39 is 6.17 Å². The number of aromatic nitrogens is 2. The fraction of sp³-hybridized carbons (Fsp3) is 0.308. The van der Waals surface area contributed by atoms with Gasteiger partial charge in [0.05, 0.1) is 24.0 Å². The number of benzene rings is 1. The minimum absolute atomic E-state index is 0.0956. The average molecular weight is 462 g/mol. The van der Waals surface area contributed by atoms with Gasteiger partial charge in [0.25, 0.3) is 0 Å². The van der Waals surface area contributed by atoms with Gasteiger partial charge in [0.15, 0.2) is 0 Å². The SMILES string of the molecule is CC(=O)N1CCN(c2ccc(NC(=O)Cc3ccc(-c4ccnc(C(C)F)c4)cc3)cn2)CC1. The van der Waals surface area contributed by atoms with Gasteiger partial charge in [-0.3, -0.25) is 14.6 Å². The molecule has 176 valence electrons. The van der Waals surface area contributed by atoms with Crippen molar-refractivity contribution < 1.29 is 14.0 Å². The van der Waals surface area contributed by atoms with Gasteiger partial charge >= 0.3 is 0 Å². The molecular weight excluding hydrogens is 433 g/mol. The molecule has 2 amide bonds. The van der Waals surface area contributed by atoms with Gasteiger partial charge in [-0.1, -0.05) is 24.3 Å². The number of carbonyl (C=O) groups excluding carboxylic acids is 2. The fourth-order valence-electron chi connectivity index (χ4n) is 3.95. The highest BCUT2D eigenvalue weighted by molar-refractivity contribution is 5.92. The van der Waals surface area contributed by atoms with Crippen molar-refractivity contribution in [2.75, 3.05) is 36.4 Å². The van der Waals surface area contributed by atoms with Gasteiger partial charge in [0.2, 0.25) is 11.8 Å². The summed E-state index contributed by atoms with van der Waals surface area (Å²) in [5.74, 6) is 0.797. The number of halogens is 1. The second-order valence-corrected chi connectivity index (χ2v) is 8.41. The van der Waals surface area contributed by atoms with E-state index in [9.17, 15) is 14.0 Å². The van der Waals surface area contributed by atoms with E-state index in [0.29, 0.717) is 24.5 Å². The van der Waals surface area contributed by atoms with Crippen molar-refractivity contribution in [1.29, 1.82) is 0 Å². The Morgan fingerprint density at radius 3 is 2.35 bits per heavy atom. The number of hydrogen-bond donors (Lipinski definition) is 1. The van der Waals surface area contributed by atoms with Gasteiger partial charge in [0, 0.05) is 39.3 Å². The van der Waals surface area contributed by atoms with Gasteiger partial charge in [-0.2, -0.15) is 0 Å².